The molecule has 1 aromatic carbocycles. The van der Waals surface area contributed by atoms with E-state index in [1.54, 1.807) is 0 Å². The molecule has 1 heterocycles. The lowest BCUT2D eigenvalue weighted by molar-refractivity contribution is -0.117. The van der Waals surface area contributed by atoms with Crippen molar-refractivity contribution in [2.75, 3.05) is 11.5 Å². The number of aliphatic hydroxyl groups excluding tert-OH is 1. The maximum absolute atomic E-state index is 13.6. The van der Waals surface area contributed by atoms with Crippen molar-refractivity contribution in [3.63, 3.8) is 0 Å². The molecule has 1 fully saturated rings. The maximum atomic E-state index is 13.6. The standard InChI is InChI=1S/C12H13FN2O3/c13-10-5-7(1-3-9(10)12(14)18)15-8(6-16)2-4-11(15)17/h1,3,5,8,16H,2,4,6H2,(H2,14,18). The van der Waals surface area contributed by atoms with Gasteiger partial charge in [-0.05, 0) is 24.6 Å². The smallest absolute Gasteiger partial charge is 0.251 e. The van der Waals surface area contributed by atoms with E-state index >= 15 is 0 Å². The van der Waals surface area contributed by atoms with E-state index in [0.717, 1.165) is 6.07 Å². The Balaban J connectivity index is 2.36. The van der Waals surface area contributed by atoms with E-state index in [0.29, 0.717) is 18.5 Å². The van der Waals surface area contributed by atoms with Crippen LogP contribution in [0.3, 0.4) is 0 Å². The number of carbonyl (C=O) groups is 2. The fraction of sp³-hybridized carbons (Fsp3) is 0.333. The lowest BCUT2D eigenvalue weighted by Gasteiger charge is -2.23. The summed E-state index contributed by atoms with van der Waals surface area (Å²) in [5.41, 5.74) is 5.12. The van der Waals surface area contributed by atoms with Crippen LogP contribution in [0.25, 0.3) is 0 Å². The average Bonchev–Trinajstić information content (AvgIpc) is 2.69. The van der Waals surface area contributed by atoms with Gasteiger partial charge in [0.15, 0.2) is 0 Å². The van der Waals surface area contributed by atoms with Crippen LogP contribution in [0.5, 0.6) is 0 Å². The first-order chi connectivity index (χ1) is 8.54. The molecule has 1 aliphatic heterocycles. The summed E-state index contributed by atoms with van der Waals surface area (Å²) in [5.74, 6) is -1.79. The fourth-order valence-corrected chi connectivity index (χ4v) is 2.12. The zero-order valence-corrected chi connectivity index (χ0v) is 9.60. The largest absolute Gasteiger partial charge is 0.394 e. The molecule has 0 bridgehead atoms. The number of halogens is 1. The van der Waals surface area contributed by atoms with Gasteiger partial charge in [0.25, 0.3) is 5.91 Å². The van der Waals surface area contributed by atoms with Crippen LogP contribution >= 0.6 is 0 Å². The molecule has 1 saturated heterocycles. The minimum atomic E-state index is -0.856. The summed E-state index contributed by atoms with van der Waals surface area (Å²) in [5, 5.41) is 9.17. The Kier molecular flexibility index (Phi) is 3.29. The van der Waals surface area contributed by atoms with E-state index in [-0.39, 0.29) is 24.1 Å². The summed E-state index contributed by atoms with van der Waals surface area (Å²) in [7, 11) is 0. The predicted octanol–water partition coefficient (Wildman–Crippen LogP) is 0.412. The fourth-order valence-electron chi connectivity index (χ4n) is 2.12. The summed E-state index contributed by atoms with van der Waals surface area (Å²) in [6.07, 6.45) is 0.860. The number of nitrogens with zero attached hydrogens (tertiary/aromatic N) is 1. The summed E-state index contributed by atoms with van der Waals surface area (Å²) >= 11 is 0. The van der Waals surface area contributed by atoms with Crippen LogP contribution in [0.15, 0.2) is 18.2 Å². The number of hydrogen-bond donors (Lipinski definition) is 2. The van der Waals surface area contributed by atoms with Gasteiger partial charge in [0.2, 0.25) is 5.91 Å². The number of hydrogen-bond acceptors (Lipinski definition) is 3. The first kappa shape index (κ1) is 12.5. The second kappa shape index (κ2) is 4.73. The summed E-state index contributed by atoms with van der Waals surface area (Å²) in [6.45, 7) is -0.176. The molecule has 18 heavy (non-hydrogen) atoms. The molecule has 96 valence electrons. The molecule has 2 rings (SSSR count). The summed E-state index contributed by atoms with van der Waals surface area (Å²) in [6, 6.07) is 3.45. The molecule has 1 aliphatic rings. The van der Waals surface area contributed by atoms with Gasteiger partial charge in [-0.2, -0.15) is 0 Å². The summed E-state index contributed by atoms with van der Waals surface area (Å²) in [4.78, 5) is 23.9. The topological polar surface area (TPSA) is 83.6 Å². The molecule has 6 heteroatoms. The highest BCUT2D eigenvalue weighted by atomic mass is 19.1. The molecular weight excluding hydrogens is 239 g/mol. The Morgan fingerprint density at radius 2 is 2.28 bits per heavy atom. The highest BCUT2D eigenvalue weighted by Crippen LogP contribution is 2.27. The van der Waals surface area contributed by atoms with Crippen molar-refractivity contribution in [1.82, 2.24) is 0 Å². The quantitative estimate of drug-likeness (QED) is 0.817. The normalized spacial score (nSPS) is 19.3. The van der Waals surface area contributed by atoms with Crippen LogP contribution in [0.4, 0.5) is 10.1 Å². The van der Waals surface area contributed by atoms with Crippen molar-refractivity contribution in [3.05, 3.63) is 29.6 Å². The van der Waals surface area contributed by atoms with Crippen molar-refractivity contribution >= 4 is 17.5 Å². The second-order valence-corrected chi connectivity index (χ2v) is 4.17. The molecule has 0 aliphatic carbocycles. The molecule has 3 N–H and O–H groups in total. The molecule has 5 nitrogen and oxygen atoms in total. The van der Waals surface area contributed by atoms with Gasteiger partial charge in [-0.25, -0.2) is 4.39 Å². The summed E-state index contributed by atoms with van der Waals surface area (Å²) < 4.78 is 13.6. The van der Waals surface area contributed by atoms with E-state index < -0.39 is 11.7 Å². The van der Waals surface area contributed by atoms with Gasteiger partial charge in [-0.1, -0.05) is 0 Å². The first-order valence-electron chi connectivity index (χ1n) is 5.57. The number of anilines is 1. The predicted molar refractivity (Wildman–Crippen MR) is 62.5 cm³/mol. The van der Waals surface area contributed by atoms with E-state index in [1.165, 1.54) is 17.0 Å². The Morgan fingerprint density at radius 1 is 1.56 bits per heavy atom. The Labute approximate surface area is 103 Å². The zero-order valence-electron chi connectivity index (χ0n) is 9.60. The second-order valence-electron chi connectivity index (χ2n) is 4.17. The molecule has 0 aromatic heterocycles. The number of aliphatic hydroxyl groups is 1. The SMILES string of the molecule is NC(=O)c1ccc(N2C(=O)CCC2CO)cc1F. The van der Waals surface area contributed by atoms with Crippen LogP contribution in [0.1, 0.15) is 23.2 Å². The van der Waals surface area contributed by atoms with Crippen molar-refractivity contribution in [2.45, 2.75) is 18.9 Å². The van der Waals surface area contributed by atoms with Gasteiger partial charge >= 0.3 is 0 Å². The first-order valence-corrected chi connectivity index (χ1v) is 5.57. The third-order valence-electron chi connectivity index (χ3n) is 3.03. The van der Waals surface area contributed by atoms with Gasteiger partial charge in [-0.15, -0.1) is 0 Å². The lowest BCUT2D eigenvalue weighted by Crippen LogP contribution is -2.35. The Bertz CT molecular complexity index is 504. The van der Waals surface area contributed by atoms with Gasteiger partial charge in [0, 0.05) is 12.1 Å². The molecule has 1 unspecified atom stereocenters. The minimum Gasteiger partial charge on any atom is -0.394 e. The number of carbonyl (C=O) groups excluding carboxylic acids is 2. The average molecular weight is 252 g/mol. The van der Waals surface area contributed by atoms with Gasteiger partial charge in [-0.3, -0.25) is 9.59 Å². The number of primary amides is 1. The Hall–Kier alpha value is -1.95. The molecule has 1 atom stereocenters. The molecule has 1 aromatic rings. The Morgan fingerprint density at radius 3 is 2.83 bits per heavy atom. The van der Waals surface area contributed by atoms with Crippen LogP contribution in [-0.4, -0.2) is 29.6 Å². The van der Waals surface area contributed by atoms with E-state index in [4.69, 9.17) is 10.8 Å². The van der Waals surface area contributed by atoms with E-state index in [2.05, 4.69) is 0 Å². The van der Waals surface area contributed by atoms with Gasteiger partial charge in [0.1, 0.15) is 5.82 Å². The number of amides is 2. The maximum Gasteiger partial charge on any atom is 0.251 e. The minimum absolute atomic E-state index is 0.166. The van der Waals surface area contributed by atoms with Gasteiger partial charge in [0.05, 0.1) is 18.2 Å². The third kappa shape index (κ3) is 2.06. The highest BCUT2D eigenvalue weighted by molar-refractivity contribution is 5.97. The molecular formula is C12H13FN2O3. The van der Waals surface area contributed by atoms with Crippen molar-refractivity contribution in [3.8, 4) is 0 Å². The third-order valence-corrected chi connectivity index (χ3v) is 3.03. The van der Waals surface area contributed by atoms with E-state index in [9.17, 15) is 14.0 Å². The molecule has 0 radical (unpaired) electrons. The van der Waals surface area contributed by atoms with Crippen LogP contribution in [-0.2, 0) is 4.79 Å². The monoisotopic (exact) mass is 252 g/mol. The van der Waals surface area contributed by atoms with Crippen LogP contribution in [0, 0.1) is 5.82 Å². The molecule has 0 spiro atoms. The van der Waals surface area contributed by atoms with Crippen molar-refractivity contribution in [1.29, 1.82) is 0 Å². The van der Waals surface area contributed by atoms with Crippen molar-refractivity contribution < 1.29 is 19.1 Å². The number of benzene rings is 1. The zero-order chi connectivity index (χ0) is 13.3. The highest BCUT2D eigenvalue weighted by Gasteiger charge is 2.32. The molecule has 0 saturated carbocycles. The molecule has 2 amide bonds. The van der Waals surface area contributed by atoms with Crippen LogP contribution < -0.4 is 10.6 Å². The lowest BCUT2D eigenvalue weighted by atomic mass is 10.1. The van der Waals surface area contributed by atoms with Crippen LogP contribution in [0.2, 0.25) is 0 Å². The van der Waals surface area contributed by atoms with E-state index in [1.807, 2.05) is 0 Å². The van der Waals surface area contributed by atoms with Gasteiger partial charge < -0.3 is 15.7 Å². The number of nitrogens with two attached hydrogens (primary N) is 1. The van der Waals surface area contributed by atoms with Crippen molar-refractivity contribution in [2.24, 2.45) is 5.73 Å². The number of rotatable bonds is 3.